The van der Waals surface area contributed by atoms with Crippen molar-refractivity contribution >= 4 is 68.6 Å². The number of fused-ring (bicyclic) bond motifs is 11. The Hall–Kier alpha value is -10.3. The fourth-order valence-electron chi connectivity index (χ4n) is 19.1. The number of rotatable bonds is 26. The zero-order valence-electron chi connectivity index (χ0n) is 61.9. The third kappa shape index (κ3) is 11.9. The Labute approximate surface area is 674 Å². The fourth-order valence-corrected chi connectivity index (χ4v) is 23.3. The van der Waals surface area contributed by atoms with Gasteiger partial charge >= 0.3 is 0 Å². The van der Waals surface area contributed by atoms with Crippen LogP contribution in [0.5, 0.6) is 34.5 Å². The van der Waals surface area contributed by atoms with Gasteiger partial charge in [0.15, 0.2) is 0 Å². The molecule has 3 aliphatic carbocycles. The first-order valence-electron chi connectivity index (χ1n) is 39.6. The average molecular weight is 1550 g/mol. The summed E-state index contributed by atoms with van der Waals surface area (Å²) in [6.07, 6.45) is 0.390. The summed E-state index contributed by atoms with van der Waals surface area (Å²) in [6, 6.07) is 116. The fraction of sp³-hybridized carbons (Fsp3) is 0.208. The van der Waals surface area contributed by atoms with Gasteiger partial charge in [-0.25, -0.2) is 0 Å². The highest BCUT2D eigenvalue weighted by Crippen LogP contribution is 2.62. The molecule has 12 heteroatoms. The van der Waals surface area contributed by atoms with Crippen molar-refractivity contribution in [2.24, 2.45) is 0 Å². The van der Waals surface area contributed by atoms with Crippen molar-refractivity contribution in [2.75, 3.05) is 52.0 Å². The Bertz CT molecular complexity index is 5580. The SMILES string of the molecule is c1ccc2c(c1)-c1ccccc1C2(c1ccc(OCC2CO2)cc1)c1ccc(OCC2OC2C2SC2COc2ccc3cc(C4(c5ccc6cc(OCC7SC7C7SC7COc7ccc(C8(c9ccc(OCC%10CS%10)cc9)c9ccccc9-c9ccccc98)cc7)ccc6c5)c5ccccc5-c5ccccc54)ccc3c2)cc1. The van der Waals surface area contributed by atoms with Gasteiger partial charge in [-0.05, 0) is 207 Å². The maximum absolute atomic E-state index is 6.66. The number of epoxide rings is 2. The van der Waals surface area contributed by atoms with Crippen molar-refractivity contribution in [2.45, 2.75) is 71.3 Å². The van der Waals surface area contributed by atoms with E-state index >= 15 is 0 Å². The number of thioether (sulfide) groups is 4. The highest BCUT2D eigenvalue weighted by molar-refractivity contribution is 8.12. The van der Waals surface area contributed by atoms with Gasteiger partial charge in [0.1, 0.15) is 92.5 Å². The van der Waals surface area contributed by atoms with Crippen LogP contribution in [0.3, 0.4) is 0 Å². The van der Waals surface area contributed by atoms with Gasteiger partial charge in [0, 0.05) is 26.8 Å². The lowest BCUT2D eigenvalue weighted by atomic mass is 9.67. The molecule has 6 heterocycles. The largest absolute Gasteiger partial charge is 0.492 e. The van der Waals surface area contributed by atoms with E-state index in [1.165, 1.54) is 117 Å². The predicted molar refractivity (Wildman–Crippen MR) is 459 cm³/mol. The van der Waals surface area contributed by atoms with Gasteiger partial charge in [0.25, 0.3) is 0 Å². The Balaban J connectivity index is 0.426. The molecule has 6 saturated heterocycles. The molecule has 14 aromatic rings. The number of ether oxygens (including phenoxy) is 8. The van der Waals surface area contributed by atoms with Crippen molar-refractivity contribution in [1.82, 2.24) is 0 Å². The van der Waals surface area contributed by atoms with Crippen LogP contribution in [-0.4, -0.2) is 107 Å². The lowest BCUT2D eigenvalue weighted by molar-refractivity contribution is 0.259. The standard InChI is InChI=1S/C101H78O8S4/c1-7-19-85-79(13-1)80-14-2-8-20-86(80)99(85,65-31-41-71(42-32-65)102-53-77-54-103-77)67-35-45-73(46-36-67)105-56-91-95(109-91)96-92(111-96)57-107-75-39-27-61-49-69(29-25-63(61)51-75)101(89-23-11-5-17-83(89)84-18-6-12-24-90(84)101)70-30-26-64-52-76(40-28-62(64)50-70)108-59-94-98(113-94)97-93(112-97)58-106-74-47-37-68(38-48-74)100(66-33-43-72(44-34-66)104-55-78-60-110-78)87-21-9-3-15-81(87)82-16-4-10-22-88(82)100/h1-52,77-78,91-98H,53-60H2. The Kier molecular flexibility index (Phi) is 16.6. The maximum Gasteiger partial charge on any atom is 0.119 e. The van der Waals surface area contributed by atoms with Crippen LogP contribution in [0.4, 0.5) is 0 Å². The number of benzene rings is 14. The van der Waals surface area contributed by atoms with E-state index in [-0.39, 0.29) is 18.3 Å². The van der Waals surface area contributed by atoms with Gasteiger partial charge in [0.2, 0.25) is 0 Å². The van der Waals surface area contributed by atoms with Crippen LogP contribution in [0, 0.1) is 0 Å². The first-order valence-corrected chi connectivity index (χ1v) is 43.5. The summed E-state index contributed by atoms with van der Waals surface area (Å²) in [4.78, 5) is 0. The second kappa shape index (κ2) is 27.5. The summed E-state index contributed by atoms with van der Waals surface area (Å²) in [6.45, 7) is 4.61. The molecule has 0 radical (unpaired) electrons. The van der Waals surface area contributed by atoms with Crippen molar-refractivity contribution < 1.29 is 37.9 Å². The lowest BCUT2D eigenvalue weighted by Crippen LogP contribution is -2.28. The first-order chi connectivity index (χ1) is 55.9. The monoisotopic (exact) mass is 1550 g/mol. The summed E-state index contributed by atoms with van der Waals surface area (Å²) in [5, 5.41) is 8.07. The molecule has 554 valence electrons. The van der Waals surface area contributed by atoms with E-state index < -0.39 is 16.2 Å². The molecule has 10 unspecified atom stereocenters. The molecule has 6 fully saturated rings. The quantitative estimate of drug-likeness (QED) is 0.0484. The maximum atomic E-state index is 6.66. The Morgan fingerprint density at radius 2 is 0.566 bits per heavy atom. The number of hydrogen-bond acceptors (Lipinski definition) is 12. The second-order valence-electron chi connectivity index (χ2n) is 31.4. The molecule has 113 heavy (non-hydrogen) atoms. The van der Waals surface area contributed by atoms with Gasteiger partial charge in [-0.1, -0.05) is 231 Å². The average Bonchev–Trinajstić information content (AvgIpc) is 1.55. The summed E-state index contributed by atoms with van der Waals surface area (Å²) < 4.78 is 50.4. The molecule has 6 aliphatic heterocycles. The van der Waals surface area contributed by atoms with Crippen LogP contribution in [0.2, 0.25) is 0 Å². The Morgan fingerprint density at radius 3 is 0.938 bits per heavy atom. The Morgan fingerprint density at radius 1 is 0.283 bits per heavy atom. The molecule has 8 nitrogen and oxygen atoms in total. The highest BCUT2D eigenvalue weighted by atomic mass is 32.2. The first kappa shape index (κ1) is 68.3. The van der Waals surface area contributed by atoms with Crippen LogP contribution in [-0.2, 0) is 25.7 Å². The van der Waals surface area contributed by atoms with Crippen molar-refractivity contribution in [3.05, 3.63) is 382 Å². The van der Waals surface area contributed by atoms with Crippen LogP contribution in [0.1, 0.15) is 66.8 Å². The molecule has 23 rings (SSSR count). The number of hydrogen-bond donors (Lipinski definition) is 0. The second-order valence-corrected chi connectivity index (χ2v) is 37.0. The predicted octanol–water partition coefficient (Wildman–Crippen LogP) is 21.5. The summed E-state index contributed by atoms with van der Waals surface area (Å²) in [5.41, 5.74) is 21.1. The third-order valence-electron chi connectivity index (χ3n) is 25.0. The topological polar surface area (TPSA) is 80.4 Å². The van der Waals surface area contributed by atoms with Crippen LogP contribution >= 0.6 is 47.0 Å². The molecular formula is C101H78O8S4. The molecule has 0 bridgehead atoms. The molecule has 0 spiro atoms. The van der Waals surface area contributed by atoms with Gasteiger partial charge < -0.3 is 37.9 Å². The van der Waals surface area contributed by atoms with E-state index in [1.54, 1.807) is 0 Å². The van der Waals surface area contributed by atoms with Crippen LogP contribution in [0.15, 0.2) is 315 Å². The normalized spacial score (nSPS) is 23.0. The molecule has 0 saturated carbocycles. The van der Waals surface area contributed by atoms with Gasteiger partial charge in [-0.3, -0.25) is 0 Å². The summed E-state index contributed by atoms with van der Waals surface area (Å²) in [5.74, 6) is 6.48. The molecule has 0 amide bonds. The van der Waals surface area contributed by atoms with E-state index in [2.05, 4.69) is 339 Å². The highest BCUT2D eigenvalue weighted by Gasteiger charge is 2.58. The van der Waals surface area contributed by atoms with Crippen molar-refractivity contribution in [1.29, 1.82) is 0 Å². The molecule has 0 aromatic heterocycles. The molecular weight excluding hydrogens is 1470 g/mol. The molecule has 0 N–H and O–H groups in total. The molecule has 10 atom stereocenters. The van der Waals surface area contributed by atoms with E-state index in [4.69, 9.17) is 37.9 Å². The zero-order chi connectivity index (χ0) is 74.4. The van der Waals surface area contributed by atoms with Crippen LogP contribution in [0.25, 0.3) is 54.9 Å². The molecule has 14 aromatic carbocycles. The summed E-state index contributed by atoms with van der Waals surface area (Å²) >= 11 is 8.01. The van der Waals surface area contributed by atoms with E-state index in [1.807, 2.05) is 23.5 Å². The minimum Gasteiger partial charge on any atom is -0.492 e. The van der Waals surface area contributed by atoms with Crippen molar-refractivity contribution in [3.8, 4) is 67.9 Å². The van der Waals surface area contributed by atoms with E-state index in [0.717, 1.165) is 58.5 Å². The van der Waals surface area contributed by atoms with Gasteiger partial charge in [-0.2, -0.15) is 11.8 Å². The molecule has 9 aliphatic rings. The lowest BCUT2D eigenvalue weighted by Gasteiger charge is -2.34. The minimum atomic E-state index is -0.560. The van der Waals surface area contributed by atoms with E-state index in [0.29, 0.717) is 69.8 Å². The van der Waals surface area contributed by atoms with Crippen molar-refractivity contribution in [3.63, 3.8) is 0 Å². The van der Waals surface area contributed by atoms with Gasteiger partial charge in [-0.15, -0.1) is 35.3 Å². The van der Waals surface area contributed by atoms with Gasteiger partial charge in [0.05, 0.1) is 38.6 Å². The smallest absolute Gasteiger partial charge is 0.119 e. The van der Waals surface area contributed by atoms with E-state index in [9.17, 15) is 0 Å². The van der Waals surface area contributed by atoms with Crippen LogP contribution < -0.4 is 28.4 Å². The summed E-state index contributed by atoms with van der Waals surface area (Å²) in [7, 11) is 0. The minimum absolute atomic E-state index is 0.0462. The zero-order valence-corrected chi connectivity index (χ0v) is 65.1. The third-order valence-corrected chi connectivity index (χ3v) is 30.3.